The van der Waals surface area contributed by atoms with Crippen LogP contribution in [0.2, 0.25) is 5.02 Å². The van der Waals surface area contributed by atoms with Crippen molar-refractivity contribution >= 4 is 45.4 Å². The molecule has 0 saturated carbocycles. The number of carbonyl (C=O) groups is 2. The van der Waals surface area contributed by atoms with Gasteiger partial charge in [0.2, 0.25) is 0 Å². The zero-order valence-electron chi connectivity index (χ0n) is 17.2. The van der Waals surface area contributed by atoms with E-state index in [1.807, 2.05) is 24.3 Å². The van der Waals surface area contributed by atoms with E-state index in [1.165, 1.54) is 4.90 Å². The number of benzene rings is 2. The van der Waals surface area contributed by atoms with Crippen molar-refractivity contribution in [3.05, 3.63) is 59.2 Å². The number of halogens is 1. The quantitative estimate of drug-likeness (QED) is 0.476. The van der Waals surface area contributed by atoms with Gasteiger partial charge in [-0.05, 0) is 37.3 Å². The SMILES string of the molecule is CC1CN(C(=O)c2ccc3c(Cl)cc(-c4ccc5[nH]ncc5c4)nc3c2)CCN1C(=O)O. The summed E-state index contributed by atoms with van der Waals surface area (Å²) in [6.45, 7) is 2.80. The molecule has 1 fully saturated rings. The number of fused-ring (bicyclic) bond motifs is 2. The fourth-order valence-corrected chi connectivity index (χ4v) is 4.44. The molecule has 2 amide bonds. The molecule has 9 heteroatoms. The highest BCUT2D eigenvalue weighted by Crippen LogP contribution is 2.30. The van der Waals surface area contributed by atoms with Gasteiger partial charge in [-0.1, -0.05) is 23.7 Å². The lowest BCUT2D eigenvalue weighted by Gasteiger charge is -2.38. The first-order valence-corrected chi connectivity index (χ1v) is 10.6. The van der Waals surface area contributed by atoms with E-state index in [4.69, 9.17) is 16.6 Å². The van der Waals surface area contributed by atoms with E-state index in [9.17, 15) is 14.7 Å². The number of hydrogen-bond acceptors (Lipinski definition) is 4. The molecule has 0 bridgehead atoms. The predicted molar refractivity (Wildman–Crippen MR) is 122 cm³/mol. The molecule has 1 saturated heterocycles. The first-order chi connectivity index (χ1) is 15.4. The molecule has 1 aliphatic heterocycles. The molecule has 0 radical (unpaired) electrons. The molecule has 1 unspecified atom stereocenters. The van der Waals surface area contributed by atoms with E-state index in [1.54, 1.807) is 36.2 Å². The van der Waals surface area contributed by atoms with Crippen molar-refractivity contribution in [2.24, 2.45) is 0 Å². The Morgan fingerprint density at radius 1 is 1.16 bits per heavy atom. The lowest BCUT2D eigenvalue weighted by molar-refractivity contribution is 0.0507. The summed E-state index contributed by atoms with van der Waals surface area (Å²) < 4.78 is 0. The monoisotopic (exact) mass is 449 g/mol. The number of nitrogens with one attached hydrogen (secondary N) is 1. The summed E-state index contributed by atoms with van der Waals surface area (Å²) in [4.78, 5) is 32.2. The van der Waals surface area contributed by atoms with Gasteiger partial charge in [-0.3, -0.25) is 9.89 Å². The minimum Gasteiger partial charge on any atom is -0.465 e. The number of rotatable bonds is 2. The molecule has 2 N–H and O–H groups in total. The fourth-order valence-electron chi connectivity index (χ4n) is 4.18. The predicted octanol–water partition coefficient (Wildman–Crippen LogP) is 4.26. The maximum atomic E-state index is 13.1. The fraction of sp³-hybridized carbons (Fsp3) is 0.217. The highest BCUT2D eigenvalue weighted by atomic mass is 35.5. The third-order valence-electron chi connectivity index (χ3n) is 5.90. The first-order valence-electron chi connectivity index (χ1n) is 10.2. The van der Waals surface area contributed by atoms with Gasteiger partial charge in [-0.25, -0.2) is 9.78 Å². The van der Waals surface area contributed by atoms with Crippen LogP contribution in [0.25, 0.3) is 33.1 Å². The summed E-state index contributed by atoms with van der Waals surface area (Å²) in [5.74, 6) is -0.146. The summed E-state index contributed by atoms with van der Waals surface area (Å²) in [6.07, 6.45) is 0.791. The third-order valence-corrected chi connectivity index (χ3v) is 6.22. The second kappa shape index (κ2) is 7.80. The van der Waals surface area contributed by atoms with Crippen molar-refractivity contribution in [3.63, 3.8) is 0 Å². The molecular weight excluding hydrogens is 430 g/mol. The average molecular weight is 450 g/mol. The van der Waals surface area contributed by atoms with E-state index in [2.05, 4.69) is 10.2 Å². The van der Waals surface area contributed by atoms with Crippen LogP contribution in [0.5, 0.6) is 0 Å². The zero-order chi connectivity index (χ0) is 22.4. The molecule has 1 aliphatic rings. The van der Waals surface area contributed by atoms with Crippen LogP contribution in [0.1, 0.15) is 17.3 Å². The van der Waals surface area contributed by atoms with Crippen LogP contribution in [0.3, 0.4) is 0 Å². The Balaban J connectivity index is 1.47. The van der Waals surface area contributed by atoms with Crippen molar-refractivity contribution in [1.82, 2.24) is 25.0 Å². The van der Waals surface area contributed by atoms with E-state index in [0.717, 1.165) is 21.9 Å². The topological polar surface area (TPSA) is 102 Å². The second-order valence-electron chi connectivity index (χ2n) is 7.97. The Morgan fingerprint density at radius 3 is 2.78 bits per heavy atom. The van der Waals surface area contributed by atoms with Gasteiger partial charge in [0, 0.05) is 47.6 Å². The number of nitrogens with zero attached hydrogens (tertiary/aromatic N) is 4. The van der Waals surface area contributed by atoms with Crippen molar-refractivity contribution < 1.29 is 14.7 Å². The van der Waals surface area contributed by atoms with Gasteiger partial charge >= 0.3 is 6.09 Å². The number of aromatic amines is 1. The minimum atomic E-state index is -0.963. The van der Waals surface area contributed by atoms with Crippen molar-refractivity contribution in [1.29, 1.82) is 0 Å². The normalized spacial score (nSPS) is 16.6. The molecular formula is C23H20ClN5O3. The molecule has 2 aromatic heterocycles. The van der Waals surface area contributed by atoms with Gasteiger partial charge in [0.25, 0.3) is 5.91 Å². The summed E-state index contributed by atoms with van der Waals surface area (Å²) >= 11 is 6.54. The van der Waals surface area contributed by atoms with Crippen molar-refractivity contribution in [3.8, 4) is 11.3 Å². The standard InChI is InChI=1S/C23H20ClN5O3/c1-13-12-28(6-7-29(13)23(31)32)22(30)15-2-4-17-18(24)10-20(26-21(17)9-15)14-3-5-19-16(8-14)11-25-27-19/h2-5,8-11,13H,6-7,12H2,1H3,(H,25,27)(H,31,32). The molecule has 4 aromatic rings. The van der Waals surface area contributed by atoms with Gasteiger partial charge in [0.15, 0.2) is 0 Å². The number of H-pyrrole nitrogens is 1. The Hall–Kier alpha value is -3.65. The van der Waals surface area contributed by atoms with Crippen LogP contribution in [-0.4, -0.2) is 67.8 Å². The van der Waals surface area contributed by atoms with Gasteiger partial charge in [-0.15, -0.1) is 0 Å². The molecule has 32 heavy (non-hydrogen) atoms. The highest BCUT2D eigenvalue weighted by molar-refractivity contribution is 6.35. The van der Waals surface area contributed by atoms with Crippen molar-refractivity contribution in [2.45, 2.75) is 13.0 Å². The largest absolute Gasteiger partial charge is 0.465 e. The van der Waals surface area contributed by atoms with E-state index < -0.39 is 6.09 Å². The molecule has 5 rings (SSSR count). The Kier molecular flexibility index (Phi) is 4.94. The first kappa shape index (κ1) is 20.3. The Bertz CT molecular complexity index is 1370. The van der Waals surface area contributed by atoms with Gasteiger partial charge in [0.05, 0.1) is 27.9 Å². The molecule has 162 valence electrons. The number of amides is 2. The summed E-state index contributed by atoms with van der Waals surface area (Å²) in [7, 11) is 0. The van der Waals surface area contributed by atoms with Gasteiger partial charge < -0.3 is 14.9 Å². The van der Waals surface area contributed by atoms with Crippen LogP contribution in [-0.2, 0) is 0 Å². The molecule has 8 nitrogen and oxygen atoms in total. The molecule has 3 heterocycles. The van der Waals surface area contributed by atoms with E-state index >= 15 is 0 Å². The molecule has 0 aliphatic carbocycles. The van der Waals surface area contributed by atoms with Crippen LogP contribution < -0.4 is 0 Å². The molecule has 2 aromatic carbocycles. The summed E-state index contributed by atoms with van der Waals surface area (Å²) in [5, 5.41) is 18.5. The van der Waals surface area contributed by atoms with E-state index in [-0.39, 0.29) is 11.9 Å². The number of pyridine rings is 1. The maximum absolute atomic E-state index is 13.1. The number of carboxylic acid groups (broad SMARTS) is 1. The Labute approximate surface area is 188 Å². The molecule has 1 atom stereocenters. The van der Waals surface area contributed by atoms with Crippen LogP contribution in [0.15, 0.2) is 48.7 Å². The number of carbonyl (C=O) groups excluding carboxylic acids is 1. The van der Waals surface area contributed by atoms with Crippen LogP contribution in [0.4, 0.5) is 4.79 Å². The average Bonchev–Trinajstić information content (AvgIpc) is 3.25. The maximum Gasteiger partial charge on any atom is 0.407 e. The number of aromatic nitrogens is 3. The van der Waals surface area contributed by atoms with E-state index in [0.29, 0.717) is 41.4 Å². The number of piperazine rings is 1. The Morgan fingerprint density at radius 2 is 2.00 bits per heavy atom. The second-order valence-corrected chi connectivity index (χ2v) is 8.38. The van der Waals surface area contributed by atoms with Gasteiger partial charge in [-0.2, -0.15) is 5.10 Å². The molecule has 0 spiro atoms. The highest BCUT2D eigenvalue weighted by Gasteiger charge is 2.30. The minimum absolute atomic E-state index is 0.146. The third kappa shape index (κ3) is 3.52. The smallest absolute Gasteiger partial charge is 0.407 e. The number of hydrogen-bond donors (Lipinski definition) is 2. The summed E-state index contributed by atoms with van der Waals surface area (Å²) in [6, 6.07) is 12.7. The lowest BCUT2D eigenvalue weighted by atomic mass is 10.1. The van der Waals surface area contributed by atoms with Crippen LogP contribution in [0, 0.1) is 0 Å². The zero-order valence-corrected chi connectivity index (χ0v) is 18.0. The van der Waals surface area contributed by atoms with Crippen molar-refractivity contribution in [2.75, 3.05) is 19.6 Å². The lowest BCUT2D eigenvalue weighted by Crippen LogP contribution is -2.55. The summed E-state index contributed by atoms with van der Waals surface area (Å²) in [5.41, 5.74) is 3.67. The van der Waals surface area contributed by atoms with Crippen LogP contribution >= 0.6 is 11.6 Å². The van der Waals surface area contributed by atoms with Gasteiger partial charge in [0.1, 0.15) is 0 Å².